The highest BCUT2D eigenvalue weighted by molar-refractivity contribution is 6.29. The molecule has 2 aliphatic heterocycles. The van der Waals surface area contributed by atoms with Crippen molar-refractivity contribution < 1.29 is 4.74 Å². The predicted octanol–water partition coefficient (Wildman–Crippen LogP) is 2.52. The summed E-state index contributed by atoms with van der Waals surface area (Å²) in [6, 6.07) is 1.84. The van der Waals surface area contributed by atoms with Gasteiger partial charge in [-0.15, -0.1) is 0 Å². The average molecular weight is 325 g/mol. The number of piperidine rings is 1. The van der Waals surface area contributed by atoms with Crippen LogP contribution in [0.4, 0.5) is 5.82 Å². The van der Waals surface area contributed by atoms with Crippen LogP contribution in [0, 0.1) is 6.92 Å². The van der Waals surface area contributed by atoms with Crippen LogP contribution in [-0.2, 0) is 4.74 Å². The molecule has 0 N–H and O–H groups in total. The number of hydrogen-bond acceptors (Lipinski definition) is 5. The molecule has 1 aromatic heterocycles. The lowest BCUT2D eigenvalue weighted by molar-refractivity contribution is 0.0467. The minimum absolute atomic E-state index is 0.304. The van der Waals surface area contributed by atoms with Gasteiger partial charge in [0.25, 0.3) is 0 Å². The summed E-state index contributed by atoms with van der Waals surface area (Å²) in [4.78, 5) is 13.3. The van der Waals surface area contributed by atoms with E-state index in [1.54, 1.807) is 0 Å². The van der Waals surface area contributed by atoms with Crippen LogP contribution in [0.15, 0.2) is 6.07 Å². The highest BCUT2D eigenvalue weighted by Crippen LogP contribution is 2.22. The number of nitrogens with zero attached hydrogens (tertiary/aromatic N) is 4. The van der Waals surface area contributed by atoms with E-state index in [4.69, 9.17) is 16.3 Å². The van der Waals surface area contributed by atoms with E-state index < -0.39 is 0 Å². The summed E-state index contributed by atoms with van der Waals surface area (Å²) in [6.45, 7) is 8.11. The van der Waals surface area contributed by atoms with Crippen LogP contribution in [0.2, 0.25) is 5.15 Å². The van der Waals surface area contributed by atoms with Gasteiger partial charge in [-0.2, -0.15) is 0 Å². The summed E-state index contributed by atoms with van der Waals surface area (Å²) in [5.41, 5.74) is 0. The lowest BCUT2D eigenvalue weighted by Gasteiger charge is -2.26. The van der Waals surface area contributed by atoms with Crippen molar-refractivity contribution in [1.82, 2.24) is 14.9 Å². The molecular weight excluding hydrogens is 300 g/mol. The second-order valence-corrected chi connectivity index (χ2v) is 6.61. The van der Waals surface area contributed by atoms with Crippen molar-refractivity contribution in [2.75, 3.05) is 44.2 Å². The van der Waals surface area contributed by atoms with Gasteiger partial charge in [0.15, 0.2) is 0 Å². The number of ether oxygens (including phenoxy) is 1. The van der Waals surface area contributed by atoms with Crippen molar-refractivity contribution in [3.63, 3.8) is 0 Å². The number of anilines is 1. The van der Waals surface area contributed by atoms with Crippen LogP contribution in [0.1, 0.15) is 31.5 Å². The Balaban J connectivity index is 1.43. The second-order valence-electron chi connectivity index (χ2n) is 6.23. The van der Waals surface area contributed by atoms with Crippen molar-refractivity contribution in [1.29, 1.82) is 0 Å². The third-order valence-electron chi connectivity index (χ3n) is 4.47. The molecule has 3 rings (SSSR count). The maximum Gasteiger partial charge on any atom is 0.134 e. The third-order valence-corrected chi connectivity index (χ3v) is 4.67. The van der Waals surface area contributed by atoms with E-state index >= 15 is 0 Å². The second kappa shape index (κ2) is 7.57. The first-order valence-corrected chi connectivity index (χ1v) is 8.68. The van der Waals surface area contributed by atoms with Crippen molar-refractivity contribution in [3.05, 3.63) is 17.0 Å². The topological polar surface area (TPSA) is 41.5 Å². The zero-order valence-electron chi connectivity index (χ0n) is 13.3. The zero-order valence-corrected chi connectivity index (χ0v) is 14.1. The van der Waals surface area contributed by atoms with Crippen LogP contribution in [-0.4, -0.2) is 60.3 Å². The van der Waals surface area contributed by atoms with Gasteiger partial charge in [-0.05, 0) is 39.3 Å². The minimum atomic E-state index is 0.304. The number of rotatable bonds is 5. The molecule has 0 radical (unpaired) electrons. The molecule has 2 fully saturated rings. The van der Waals surface area contributed by atoms with Gasteiger partial charge in [0.1, 0.15) is 16.8 Å². The van der Waals surface area contributed by atoms with Gasteiger partial charge in [-0.1, -0.05) is 18.0 Å². The first-order chi connectivity index (χ1) is 10.7. The van der Waals surface area contributed by atoms with Crippen LogP contribution in [0.25, 0.3) is 0 Å². The van der Waals surface area contributed by atoms with Crippen LogP contribution in [0.5, 0.6) is 0 Å². The molecule has 0 spiro atoms. The standard InChI is InChI=1S/C16H25ClN4O/c1-13-18-15(17)11-16(19-13)21-8-5-14(12-21)22-10-9-20-6-3-2-4-7-20/h11,14H,2-10,12H2,1H3/t14-/m0/s1. The molecule has 6 heteroatoms. The van der Waals surface area contributed by atoms with E-state index in [2.05, 4.69) is 19.8 Å². The molecule has 1 aromatic rings. The summed E-state index contributed by atoms with van der Waals surface area (Å²) >= 11 is 6.02. The number of aryl methyl sites for hydroxylation is 1. The average Bonchev–Trinajstić information content (AvgIpc) is 2.96. The van der Waals surface area contributed by atoms with E-state index in [1.807, 2.05) is 13.0 Å². The van der Waals surface area contributed by atoms with E-state index in [0.29, 0.717) is 11.3 Å². The summed E-state index contributed by atoms with van der Waals surface area (Å²) in [7, 11) is 0. The van der Waals surface area contributed by atoms with E-state index in [-0.39, 0.29) is 0 Å². The Labute approximate surface area is 137 Å². The van der Waals surface area contributed by atoms with Gasteiger partial charge < -0.3 is 14.5 Å². The largest absolute Gasteiger partial charge is 0.375 e. The zero-order chi connectivity index (χ0) is 15.4. The molecule has 22 heavy (non-hydrogen) atoms. The van der Waals surface area contributed by atoms with E-state index in [1.165, 1.54) is 32.4 Å². The minimum Gasteiger partial charge on any atom is -0.375 e. The quantitative estimate of drug-likeness (QED) is 0.778. The smallest absolute Gasteiger partial charge is 0.134 e. The number of hydrogen-bond donors (Lipinski definition) is 0. The third kappa shape index (κ3) is 4.31. The molecule has 1 atom stereocenters. The van der Waals surface area contributed by atoms with Crippen molar-refractivity contribution >= 4 is 17.4 Å². The summed E-state index contributed by atoms with van der Waals surface area (Å²) in [6.07, 6.45) is 5.42. The van der Waals surface area contributed by atoms with Crippen LogP contribution < -0.4 is 4.90 Å². The van der Waals surface area contributed by atoms with Crippen LogP contribution >= 0.6 is 11.6 Å². The lowest BCUT2D eigenvalue weighted by atomic mass is 10.1. The van der Waals surface area contributed by atoms with E-state index in [9.17, 15) is 0 Å². The van der Waals surface area contributed by atoms with Gasteiger partial charge >= 0.3 is 0 Å². The van der Waals surface area contributed by atoms with Crippen molar-refractivity contribution in [3.8, 4) is 0 Å². The van der Waals surface area contributed by atoms with Gasteiger partial charge in [0.2, 0.25) is 0 Å². The maximum atomic E-state index is 6.06. The number of aromatic nitrogens is 2. The Morgan fingerprint density at radius 1 is 1.23 bits per heavy atom. The fourth-order valence-electron chi connectivity index (χ4n) is 3.28. The molecule has 0 aliphatic carbocycles. The summed E-state index contributed by atoms with van der Waals surface area (Å²) in [5.74, 6) is 1.64. The summed E-state index contributed by atoms with van der Waals surface area (Å²) in [5, 5.41) is 0.511. The monoisotopic (exact) mass is 324 g/mol. The van der Waals surface area contributed by atoms with Crippen LogP contribution in [0.3, 0.4) is 0 Å². The Hall–Kier alpha value is -0.910. The molecule has 3 heterocycles. The predicted molar refractivity (Wildman–Crippen MR) is 88.6 cm³/mol. The Bertz CT molecular complexity index is 473. The normalized spacial score (nSPS) is 23.2. The van der Waals surface area contributed by atoms with Crippen molar-refractivity contribution in [2.24, 2.45) is 0 Å². The van der Waals surface area contributed by atoms with Gasteiger partial charge in [-0.25, -0.2) is 9.97 Å². The highest BCUT2D eigenvalue weighted by Gasteiger charge is 2.24. The molecule has 0 aromatic carbocycles. The first kappa shape index (κ1) is 16.0. The molecule has 0 amide bonds. The van der Waals surface area contributed by atoms with Gasteiger partial charge in [0.05, 0.1) is 12.7 Å². The fourth-order valence-corrected chi connectivity index (χ4v) is 3.50. The van der Waals surface area contributed by atoms with E-state index in [0.717, 1.165) is 44.3 Å². The molecule has 2 aliphatic rings. The highest BCUT2D eigenvalue weighted by atomic mass is 35.5. The number of likely N-dealkylation sites (tertiary alicyclic amines) is 1. The van der Waals surface area contributed by atoms with Gasteiger partial charge in [0, 0.05) is 25.7 Å². The molecule has 0 saturated carbocycles. The Morgan fingerprint density at radius 2 is 2.05 bits per heavy atom. The lowest BCUT2D eigenvalue weighted by Crippen LogP contribution is -2.34. The number of halogens is 1. The Kier molecular flexibility index (Phi) is 5.50. The summed E-state index contributed by atoms with van der Waals surface area (Å²) < 4.78 is 6.06. The molecule has 0 bridgehead atoms. The molecule has 0 unspecified atom stereocenters. The fraction of sp³-hybridized carbons (Fsp3) is 0.750. The van der Waals surface area contributed by atoms with Crippen molar-refractivity contribution in [2.45, 2.75) is 38.7 Å². The molecule has 2 saturated heterocycles. The maximum absolute atomic E-state index is 6.06. The molecule has 5 nitrogen and oxygen atoms in total. The van der Waals surface area contributed by atoms with Gasteiger partial charge in [-0.3, -0.25) is 0 Å². The molecule has 122 valence electrons. The Morgan fingerprint density at radius 3 is 2.82 bits per heavy atom. The first-order valence-electron chi connectivity index (χ1n) is 8.31. The SMILES string of the molecule is Cc1nc(Cl)cc(N2CC[C@H](OCCN3CCCCC3)C2)n1. The molecular formula is C16H25ClN4O.